The molecule has 0 bridgehead atoms. The minimum absolute atomic E-state index is 0. The monoisotopic (exact) mass is 250 g/mol. The maximum absolute atomic E-state index is 10.7. The van der Waals surface area contributed by atoms with Crippen LogP contribution in [-0.2, 0) is 10.1 Å². The molecule has 2 N–H and O–H groups in total. The molecule has 1 rings (SSSR count). The molecular weight excluding hydrogens is 242 g/mol. The van der Waals surface area contributed by atoms with Gasteiger partial charge in [-0.3, -0.25) is 4.55 Å². The van der Waals surface area contributed by atoms with Crippen molar-refractivity contribution in [1.82, 2.24) is 0 Å². The van der Waals surface area contributed by atoms with Gasteiger partial charge in [0.2, 0.25) is 0 Å². The van der Waals surface area contributed by atoms with Crippen LogP contribution >= 0.6 is 0 Å². The summed E-state index contributed by atoms with van der Waals surface area (Å²) in [6.45, 7) is 0. The van der Waals surface area contributed by atoms with Crippen molar-refractivity contribution in [2.24, 2.45) is 0 Å². The number of carboxylic acids is 1. The van der Waals surface area contributed by atoms with Gasteiger partial charge in [-0.05, 0) is 12.1 Å². The molecule has 0 aliphatic carbocycles. The molecule has 74 valence electrons. The molecule has 0 amide bonds. The van der Waals surface area contributed by atoms with Crippen molar-refractivity contribution in [3.8, 4) is 0 Å². The van der Waals surface area contributed by atoms with Crippen LogP contribution in [-0.4, -0.2) is 24.0 Å². The predicted molar refractivity (Wildman–Crippen MR) is 45.4 cm³/mol. The quantitative estimate of drug-likeness (QED) is 0.404. The van der Waals surface area contributed by atoms with Gasteiger partial charge in [-0.25, -0.2) is 4.79 Å². The second-order valence-corrected chi connectivity index (χ2v) is 3.67. The van der Waals surface area contributed by atoms with Crippen LogP contribution < -0.4 is 59.1 Å². The Morgan fingerprint density at radius 1 is 1.20 bits per heavy atom. The predicted octanol–water partition coefficient (Wildman–Crippen LogP) is -5.14. The first-order chi connectivity index (χ1) is 5.93. The van der Waals surface area contributed by atoms with E-state index < -0.39 is 26.5 Å². The van der Waals surface area contributed by atoms with Gasteiger partial charge in [0, 0.05) is 0 Å². The van der Waals surface area contributed by atoms with E-state index in [-0.39, 0.29) is 62.0 Å². The van der Waals surface area contributed by atoms with Gasteiger partial charge < -0.3 is 7.96 Å². The number of carboxylic acid groups (broad SMARTS) is 1. The minimum Gasteiger partial charge on any atom is -1.00 e. The van der Waals surface area contributed by atoms with E-state index in [9.17, 15) is 13.2 Å². The minimum atomic E-state index is -4.46. The molecule has 0 saturated heterocycles. The summed E-state index contributed by atoms with van der Waals surface area (Å²) < 4.78 is 29.9. The van der Waals surface area contributed by atoms with Crippen molar-refractivity contribution in [3.63, 3.8) is 0 Å². The molecule has 0 saturated carbocycles. The molecule has 0 radical (unpaired) electrons. The number of aromatic carboxylic acids is 1. The van der Waals surface area contributed by atoms with E-state index in [4.69, 9.17) is 9.66 Å². The molecule has 0 heterocycles. The zero-order valence-corrected chi connectivity index (χ0v) is 13.2. The smallest absolute Gasteiger partial charge is 1.00 e. The second kappa shape index (κ2) is 7.03. The topological polar surface area (TPSA) is 91.7 Å². The third kappa shape index (κ3) is 4.97. The van der Waals surface area contributed by atoms with Gasteiger partial charge in [0.25, 0.3) is 10.1 Å². The average molecular weight is 250 g/mol. The van der Waals surface area contributed by atoms with E-state index in [1.165, 1.54) is 12.1 Å². The van der Waals surface area contributed by atoms with E-state index in [0.717, 1.165) is 12.1 Å². The fraction of sp³-hybridized carbons (Fsp3) is 0. The third-order valence-corrected chi connectivity index (χ3v) is 2.31. The standard InChI is InChI=1S/C7H6O5S.2Na.2H/c8-7(9)5-3-1-2-4-6(5)13(10,11)12;;;;/h1-4H,(H,8,9)(H,10,11,12);;;;/q;2*+1;2*-1. The van der Waals surface area contributed by atoms with E-state index in [1.54, 1.807) is 0 Å². The van der Waals surface area contributed by atoms with Gasteiger partial charge in [-0.15, -0.1) is 0 Å². The van der Waals surface area contributed by atoms with Crippen LogP contribution in [0.3, 0.4) is 0 Å². The Kier molecular flexibility index (Phi) is 8.43. The first-order valence-electron chi connectivity index (χ1n) is 3.23. The van der Waals surface area contributed by atoms with E-state index in [2.05, 4.69) is 0 Å². The summed E-state index contributed by atoms with van der Waals surface area (Å²) in [7, 11) is -4.46. The van der Waals surface area contributed by atoms with Crippen molar-refractivity contribution in [2.75, 3.05) is 0 Å². The first-order valence-corrected chi connectivity index (χ1v) is 4.67. The molecule has 1 aromatic carbocycles. The summed E-state index contributed by atoms with van der Waals surface area (Å²) in [5.74, 6) is -1.40. The Balaban J connectivity index is -0.000000211. The molecule has 0 spiro atoms. The second-order valence-electron chi connectivity index (χ2n) is 2.28. The Morgan fingerprint density at radius 3 is 2.00 bits per heavy atom. The number of rotatable bonds is 2. The van der Waals surface area contributed by atoms with E-state index in [1.807, 2.05) is 0 Å². The number of carbonyl (C=O) groups is 1. The largest absolute Gasteiger partial charge is 1.00 e. The summed E-state index contributed by atoms with van der Waals surface area (Å²) in [5.41, 5.74) is -0.440. The molecule has 0 atom stereocenters. The number of hydrogen-bond acceptors (Lipinski definition) is 3. The summed E-state index contributed by atoms with van der Waals surface area (Å²) in [4.78, 5) is 9.90. The van der Waals surface area contributed by atoms with E-state index >= 15 is 0 Å². The van der Waals surface area contributed by atoms with Gasteiger partial charge >= 0.3 is 65.1 Å². The zero-order valence-electron chi connectivity index (χ0n) is 10.3. The number of hydrogen-bond donors (Lipinski definition) is 2. The fourth-order valence-electron chi connectivity index (χ4n) is 0.868. The summed E-state index contributed by atoms with van der Waals surface area (Å²) in [6.07, 6.45) is 0. The molecule has 15 heavy (non-hydrogen) atoms. The van der Waals surface area contributed by atoms with Crippen molar-refractivity contribution < 1.29 is 84.8 Å². The van der Waals surface area contributed by atoms with Gasteiger partial charge in [0.05, 0.1) is 5.56 Å². The Morgan fingerprint density at radius 2 is 1.67 bits per heavy atom. The Labute approximate surface area is 134 Å². The van der Waals surface area contributed by atoms with Gasteiger partial charge in [-0.2, -0.15) is 8.42 Å². The van der Waals surface area contributed by atoms with Crippen molar-refractivity contribution in [3.05, 3.63) is 29.8 Å². The van der Waals surface area contributed by atoms with Crippen LogP contribution in [0.1, 0.15) is 13.2 Å². The summed E-state index contributed by atoms with van der Waals surface area (Å²) in [6, 6.07) is 4.83. The maximum Gasteiger partial charge on any atom is 1.00 e. The van der Waals surface area contributed by atoms with Crippen LogP contribution in [0.2, 0.25) is 0 Å². The molecule has 0 aromatic heterocycles. The Bertz CT molecular complexity index is 451. The average Bonchev–Trinajstić information content (AvgIpc) is 2.03. The van der Waals surface area contributed by atoms with Crippen molar-refractivity contribution >= 4 is 16.1 Å². The first kappa shape index (κ1) is 18.0. The number of benzene rings is 1. The van der Waals surface area contributed by atoms with E-state index in [0.29, 0.717) is 0 Å². The molecule has 0 fully saturated rings. The molecule has 5 nitrogen and oxygen atoms in total. The SMILES string of the molecule is O=C(O)c1ccccc1S(=O)(=O)O.[H-].[H-].[Na+].[Na+]. The molecule has 0 aliphatic heterocycles. The molecule has 0 aliphatic rings. The van der Waals surface area contributed by atoms with Crippen molar-refractivity contribution in [2.45, 2.75) is 4.90 Å². The van der Waals surface area contributed by atoms with Gasteiger partial charge in [-0.1, -0.05) is 12.1 Å². The zero-order chi connectivity index (χ0) is 10.1. The summed E-state index contributed by atoms with van der Waals surface area (Å²) >= 11 is 0. The molecule has 8 heteroatoms. The molecular formula is C7H8Na2O5S. The summed E-state index contributed by atoms with van der Waals surface area (Å²) in [5, 5.41) is 8.55. The van der Waals surface area contributed by atoms with Gasteiger partial charge in [0.1, 0.15) is 4.90 Å². The van der Waals surface area contributed by atoms with Crippen LogP contribution in [0.5, 0.6) is 0 Å². The van der Waals surface area contributed by atoms with Crippen LogP contribution in [0.15, 0.2) is 29.2 Å². The van der Waals surface area contributed by atoms with Crippen LogP contribution in [0.25, 0.3) is 0 Å². The van der Waals surface area contributed by atoms with Gasteiger partial charge in [0.15, 0.2) is 0 Å². The normalized spacial score (nSPS) is 9.67. The Hall–Kier alpha value is 0.600. The molecule has 0 unspecified atom stereocenters. The fourth-order valence-corrected chi connectivity index (χ4v) is 1.55. The van der Waals surface area contributed by atoms with Crippen molar-refractivity contribution in [1.29, 1.82) is 0 Å². The maximum atomic E-state index is 10.7. The van der Waals surface area contributed by atoms with Crippen LogP contribution in [0, 0.1) is 0 Å². The molecule has 1 aromatic rings. The van der Waals surface area contributed by atoms with Crippen LogP contribution in [0.4, 0.5) is 0 Å². The third-order valence-electron chi connectivity index (χ3n) is 1.40.